The first-order valence-corrected chi connectivity index (χ1v) is 9.44. The highest BCUT2D eigenvalue weighted by molar-refractivity contribution is 8.00. The zero-order chi connectivity index (χ0) is 18.2. The van der Waals surface area contributed by atoms with Gasteiger partial charge in [0.15, 0.2) is 18.2 Å². The Morgan fingerprint density at radius 3 is 2.54 bits per heavy atom. The molecule has 0 unspecified atom stereocenters. The molecule has 0 spiro atoms. The quantitative estimate of drug-likeness (QED) is 0.802. The van der Waals surface area contributed by atoms with Crippen LogP contribution in [0.5, 0.6) is 5.75 Å². The first-order valence-electron chi connectivity index (χ1n) is 8.63. The lowest BCUT2D eigenvalue weighted by Crippen LogP contribution is -2.45. The number of para-hydroxylation sites is 1. The van der Waals surface area contributed by atoms with Crippen LogP contribution < -0.4 is 10.1 Å². The van der Waals surface area contributed by atoms with Crippen molar-refractivity contribution in [1.29, 1.82) is 0 Å². The Bertz CT molecular complexity index is 720. The van der Waals surface area contributed by atoms with E-state index in [4.69, 9.17) is 9.47 Å². The zero-order valence-electron chi connectivity index (χ0n) is 14.4. The summed E-state index contributed by atoms with van der Waals surface area (Å²) in [5.41, 5.74) is 0. The minimum absolute atomic E-state index is 0.0853. The third kappa shape index (κ3) is 5.22. The van der Waals surface area contributed by atoms with Gasteiger partial charge in [-0.2, -0.15) is 0 Å². The van der Waals surface area contributed by atoms with Crippen LogP contribution in [0.4, 0.5) is 4.39 Å². The van der Waals surface area contributed by atoms with E-state index in [-0.39, 0.29) is 23.0 Å². The number of nitrogens with one attached hydrogen (secondary N) is 1. The fourth-order valence-electron chi connectivity index (χ4n) is 2.81. The van der Waals surface area contributed by atoms with E-state index in [1.807, 2.05) is 18.2 Å². The number of carbonyl (C=O) groups is 1. The van der Waals surface area contributed by atoms with Crippen molar-refractivity contribution in [3.05, 3.63) is 60.4 Å². The maximum Gasteiger partial charge on any atom is 0.257 e. The van der Waals surface area contributed by atoms with Gasteiger partial charge < -0.3 is 14.8 Å². The fourth-order valence-corrected chi connectivity index (χ4v) is 4.12. The van der Waals surface area contributed by atoms with Gasteiger partial charge >= 0.3 is 0 Å². The molecule has 1 amide bonds. The second-order valence-electron chi connectivity index (χ2n) is 6.21. The first-order chi connectivity index (χ1) is 12.7. The molecule has 1 fully saturated rings. The van der Waals surface area contributed by atoms with Gasteiger partial charge in [-0.05, 0) is 37.1 Å². The van der Waals surface area contributed by atoms with Gasteiger partial charge in [0.25, 0.3) is 5.91 Å². The molecule has 0 radical (unpaired) electrons. The lowest BCUT2D eigenvalue weighted by Gasteiger charge is -2.36. The van der Waals surface area contributed by atoms with Crippen molar-refractivity contribution >= 4 is 17.7 Å². The molecule has 0 atom stereocenters. The van der Waals surface area contributed by atoms with Crippen molar-refractivity contribution in [3.63, 3.8) is 0 Å². The highest BCUT2D eigenvalue weighted by atomic mass is 32.2. The predicted molar refractivity (Wildman–Crippen MR) is 100.0 cm³/mol. The number of ether oxygens (including phenoxy) is 2. The van der Waals surface area contributed by atoms with Crippen molar-refractivity contribution in [2.75, 3.05) is 26.4 Å². The second-order valence-corrected chi connectivity index (χ2v) is 7.75. The molecule has 26 heavy (non-hydrogen) atoms. The van der Waals surface area contributed by atoms with Crippen molar-refractivity contribution in [3.8, 4) is 5.75 Å². The van der Waals surface area contributed by atoms with Gasteiger partial charge in [0, 0.05) is 29.4 Å². The maximum absolute atomic E-state index is 13.5. The molecule has 1 saturated heterocycles. The van der Waals surface area contributed by atoms with Crippen molar-refractivity contribution in [2.45, 2.75) is 22.5 Å². The number of hydrogen-bond acceptors (Lipinski definition) is 4. The van der Waals surface area contributed by atoms with E-state index in [0.29, 0.717) is 19.8 Å². The minimum Gasteiger partial charge on any atom is -0.481 e. The number of rotatable bonds is 7. The molecular weight excluding hydrogens is 353 g/mol. The van der Waals surface area contributed by atoms with Gasteiger partial charge in [-0.3, -0.25) is 4.79 Å². The van der Waals surface area contributed by atoms with Crippen molar-refractivity contribution < 1.29 is 18.7 Å². The van der Waals surface area contributed by atoms with Crippen LogP contribution in [0.3, 0.4) is 0 Å². The number of benzene rings is 2. The van der Waals surface area contributed by atoms with Gasteiger partial charge in [0.1, 0.15) is 0 Å². The van der Waals surface area contributed by atoms with Crippen LogP contribution in [0.1, 0.15) is 12.8 Å². The number of amides is 1. The van der Waals surface area contributed by atoms with Crippen LogP contribution in [0.2, 0.25) is 0 Å². The average Bonchev–Trinajstić information content (AvgIpc) is 2.67. The molecule has 0 aromatic heterocycles. The Morgan fingerprint density at radius 1 is 1.12 bits per heavy atom. The standard InChI is InChI=1S/C20H22FNO3S/c21-17-8-4-5-9-18(17)25-14-19(23)22-15-20(10-12-24-13-11-20)26-16-6-2-1-3-7-16/h1-9H,10-15H2,(H,22,23). The van der Waals surface area contributed by atoms with Gasteiger partial charge in [0.05, 0.1) is 0 Å². The number of thioether (sulfide) groups is 1. The lowest BCUT2D eigenvalue weighted by atomic mass is 9.99. The summed E-state index contributed by atoms with van der Waals surface area (Å²) in [5, 5.41) is 2.94. The Hall–Kier alpha value is -2.05. The summed E-state index contributed by atoms with van der Waals surface area (Å²) in [6.45, 7) is 1.68. The van der Waals surface area contributed by atoms with E-state index in [9.17, 15) is 9.18 Å². The van der Waals surface area contributed by atoms with Gasteiger partial charge in [0.2, 0.25) is 0 Å². The van der Waals surface area contributed by atoms with Gasteiger partial charge in [-0.1, -0.05) is 30.3 Å². The van der Waals surface area contributed by atoms with E-state index >= 15 is 0 Å². The lowest BCUT2D eigenvalue weighted by molar-refractivity contribution is -0.123. The molecule has 0 bridgehead atoms. The fraction of sp³-hybridized carbons (Fsp3) is 0.350. The normalized spacial score (nSPS) is 16.0. The number of halogens is 1. The molecule has 1 N–H and O–H groups in total. The monoisotopic (exact) mass is 375 g/mol. The molecule has 1 aliphatic rings. The third-order valence-corrected chi connectivity index (χ3v) is 5.78. The van der Waals surface area contributed by atoms with E-state index in [1.54, 1.807) is 23.9 Å². The SMILES string of the molecule is O=C(COc1ccccc1F)NCC1(Sc2ccccc2)CCOCC1. The number of carbonyl (C=O) groups excluding carboxylic acids is 1. The van der Waals surface area contributed by atoms with Crippen LogP contribution in [0, 0.1) is 5.82 Å². The summed E-state index contributed by atoms with van der Waals surface area (Å²) in [7, 11) is 0. The van der Waals surface area contributed by atoms with Crippen LogP contribution in [-0.4, -0.2) is 37.0 Å². The Morgan fingerprint density at radius 2 is 1.81 bits per heavy atom. The molecule has 2 aromatic rings. The molecule has 4 nitrogen and oxygen atoms in total. The smallest absolute Gasteiger partial charge is 0.257 e. The highest BCUT2D eigenvalue weighted by Crippen LogP contribution is 2.40. The van der Waals surface area contributed by atoms with Crippen LogP contribution in [0.25, 0.3) is 0 Å². The van der Waals surface area contributed by atoms with Gasteiger partial charge in [-0.15, -0.1) is 11.8 Å². The summed E-state index contributed by atoms with van der Waals surface area (Å²) in [4.78, 5) is 13.3. The molecule has 138 valence electrons. The Balaban J connectivity index is 1.55. The third-order valence-electron chi connectivity index (χ3n) is 4.28. The molecule has 2 aromatic carbocycles. The number of hydrogen-bond donors (Lipinski definition) is 1. The van der Waals surface area contributed by atoms with E-state index in [2.05, 4.69) is 17.4 Å². The highest BCUT2D eigenvalue weighted by Gasteiger charge is 2.34. The summed E-state index contributed by atoms with van der Waals surface area (Å²) >= 11 is 1.78. The van der Waals surface area contributed by atoms with Crippen LogP contribution in [0.15, 0.2) is 59.5 Å². The van der Waals surface area contributed by atoms with E-state index < -0.39 is 5.82 Å². The maximum atomic E-state index is 13.5. The topological polar surface area (TPSA) is 47.6 Å². The second kappa shape index (κ2) is 9.05. The molecule has 0 aliphatic carbocycles. The van der Waals surface area contributed by atoms with Crippen molar-refractivity contribution in [1.82, 2.24) is 5.32 Å². The van der Waals surface area contributed by atoms with Crippen molar-refractivity contribution in [2.24, 2.45) is 0 Å². The molecule has 1 heterocycles. The summed E-state index contributed by atoms with van der Waals surface area (Å²) in [6.07, 6.45) is 1.72. The summed E-state index contributed by atoms with van der Waals surface area (Å²) < 4.78 is 24.2. The van der Waals surface area contributed by atoms with E-state index in [1.165, 1.54) is 17.0 Å². The zero-order valence-corrected chi connectivity index (χ0v) is 15.3. The predicted octanol–water partition coefficient (Wildman–Crippen LogP) is 3.66. The summed E-state index contributed by atoms with van der Waals surface area (Å²) in [5.74, 6) is -0.643. The van der Waals surface area contributed by atoms with Crippen LogP contribution in [-0.2, 0) is 9.53 Å². The Kier molecular flexibility index (Phi) is 6.52. The molecular formula is C20H22FNO3S. The van der Waals surface area contributed by atoms with Crippen LogP contribution >= 0.6 is 11.8 Å². The molecule has 6 heteroatoms. The average molecular weight is 375 g/mol. The minimum atomic E-state index is -0.471. The molecule has 3 rings (SSSR count). The molecule has 0 saturated carbocycles. The summed E-state index contributed by atoms with van der Waals surface area (Å²) in [6, 6.07) is 16.2. The van der Waals surface area contributed by atoms with E-state index in [0.717, 1.165) is 12.8 Å². The first kappa shape index (κ1) is 18.7. The largest absolute Gasteiger partial charge is 0.481 e. The Labute approximate surface area is 157 Å². The molecule has 1 aliphatic heterocycles. The van der Waals surface area contributed by atoms with Gasteiger partial charge in [-0.25, -0.2) is 4.39 Å².